The smallest absolute Gasteiger partial charge is 0.0632 e. The van der Waals surface area contributed by atoms with Crippen LogP contribution >= 0.6 is 0 Å². The second-order valence-corrected chi connectivity index (χ2v) is 2.67. The molecule has 1 aromatic rings. The first-order chi connectivity index (χ1) is 5.86. The van der Waals surface area contributed by atoms with Crippen molar-refractivity contribution in [1.29, 1.82) is 0 Å². The van der Waals surface area contributed by atoms with Crippen LogP contribution in [-0.4, -0.2) is 22.7 Å². The highest BCUT2D eigenvalue weighted by atomic mass is 16.3. The van der Waals surface area contributed by atoms with Crippen LogP contribution in [0.2, 0.25) is 0 Å². The van der Waals surface area contributed by atoms with Gasteiger partial charge in [0.1, 0.15) is 0 Å². The molecule has 0 aliphatic heterocycles. The summed E-state index contributed by atoms with van der Waals surface area (Å²) >= 11 is 0. The van der Waals surface area contributed by atoms with Gasteiger partial charge in [-0.05, 0) is 18.6 Å². The topological polar surface area (TPSA) is 45.1 Å². The molecular weight excluding hydrogens is 152 g/mol. The fraction of sp³-hybridized carbons (Fsp3) is 0.444. The molecule has 0 saturated carbocycles. The molecular formula is C9H14N2O. The lowest BCUT2D eigenvalue weighted by molar-refractivity contribution is 0.272. The van der Waals surface area contributed by atoms with Crippen LogP contribution in [-0.2, 0) is 0 Å². The van der Waals surface area contributed by atoms with Gasteiger partial charge >= 0.3 is 0 Å². The van der Waals surface area contributed by atoms with E-state index in [0.717, 1.165) is 12.1 Å². The van der Waals surface area contributed by atoms with Crippen LogP contribution in [0.15, 0.2) is 24.5 Å². The maximum Gasteiger partial charge on any atom is 0.0632 e. The number of hydrogen-bond donors (Lipinski definition) is 2. The average molecular weight is 166 g/mol. The van der Waals surface area contributed by atoms with E-state index in [1.165, 1.54) is 0 Å². The maximum atomic E-state index is 8.91. The first-order valence-corrected chi connectivity index (χ1v) is 4.14. The summed E-state index contributed by atoms with van der Waals surface area (Å²) in [5.41, 5.74) is 1.01. The summed E-state index contributed by atoms with van der Waals surface area (Å²) in [7, 11) is 0. The highest BCUT2D eigenvalue weighted by Gasteiger charge is 2.02. The number of aromatic nitrogens is 1. The summed E-state index contributed by atoms with van der Waals surface area (Å²) < 4.78 is 0. The average Bonchev–Trinajstić information content (AvgIpc) is 2.16. The Labute approximate surface area is 72.5 Å². The van der Waals surface area contributed by atoms with Crippen molar-refractivity contribution >= 4 is 5.69 Å². The highest BCUT2D eigenvalue weighted by Crippen LogP contribution is 2.06. The minimum atomic E-state index is 0.146. The molecule has 1 heterocycles. The van der Waals surface area contributed by atoms with Crippen molar-refractivity contribution in [3.63, 3.8) is 0 Å². The Morgan fingerprint density at radius 2 is 2.17 bits per heavy atom. The molecule has 3 nitrogen and oxygen atoms in total. The van der Waals surface area contributed by atoms with E-state index in [0.29, 0.717) is 0 Å². The SMILES string of the molecule is CC[C@@H](CO)Nc1ccncc1. The highest BCUT2D eigenvalue weighted by molar-refractivity contribution is 5.41. The summed E-state index contributed by atoms with van der Waals surface area (Å²) in [6.07, 6.45) is 4.37. The van der Waals surface area contributed by atoms with Crippen molar-refractivity contribution in [2.45, 2.75) is 19.4 Å². The zero-order valence-corrected chi connectivity index (χ0v) is 7.20. The van der Waals surface area contributed by atoms with Crippen molar-refractivity contribution in [2.75, 3.05) is 11.9 Å². The Bertz CT molecular complexity index is 209. The van der Waals surface area contributed by atoms with E-state index >= 15 is 0 Å². The van der Waals surface area contributed by atoms with E-state index in [1.807, 2.05) is 19.1 Å². The van der Waals surface area contributed by atoms with Crippen LogP contribution < -0.4 is 5.32 Å². The van der Waals surface area contributed by atoms with Gasteiger partial charge in [0.25, 0.3) is 0 Å². The van der Waals surface area contributed by atoms with E-state index in [9.17, 15) is 0 Å². The minimum Gasteiger partial charge on any atom is -0.394 e. The third-order valence-corrected chi connectivity index (χ3v) is 1.76. The van der Waals surface area contributed by atoms with Gasteiger partial charge in [-0.15, -0.1) is 0 Å². The number of hydrogen-bond acceptors (Lipinski definition) is 3. The molecule has 0 spiro atoms. The second kappa shape index (κ2) is 4.72. The van der Waals surface area contributed by atoms with Gasteiger partial charge in [-0.1, -0.05) is 6.92 Å². The summed E-state index contributed by atoms with van der Waals surface area (Å²) in [4.78, 5) is 3.90. The van der Waals surface area contributed by atoms with Crippen LogP contribution in [0.1, 0.15) is 13.3 Å². The first kappa shape index (κ1) is 9.00. The zero-order valence-electron chi connectivity index (χ0n) is 7.20. The quantitative estimate of drug-likeness (QED) is 0.708. The Morgan fingerprint density at radius 1 is 1.50 bits per heavy atom. The van der Waals surface area contributed by atoms with Crippen LogP contribution in [0.25, 0.3) is 0 Å². The third-order valence-electron chi connectivity index (χ3n) is 1.76. The molecule has 0 unspecified atom stereocenters. The van der Waals surface area contributed by atoms with E-state index in [4.69, 9.17) is 5.11 Å². The van der Waals surface area contributed by atoms with Crippen molar-refractivity contribution in [1.82, 2.24) is 4.98 Å². The predicted molar refractivity (Wildman–Crippen MR) is 49.0 cm³/mol. The standard InChI is InChI=1S/C9H14N2O/c1-2-8(7-12)11-9-3-5-10-6-4-9/h3-6,8,12H,2,7H2,1H3,(H,10,11)/t8-/m0/s1. The number of aliphatic hydroxyl groups excluding tert-OH is 1. The van der Waals surface area contributed by atoms with E-state index in [-0.39, 0.29) is 12.6 Å². The van der Waals surface area contributed by atoms with E-state index in [2.05, 4.69) is 10.3 Å². The van der Waals surface area contributed by atoms with Crippen LogP contribution in [0.3, 0.4) is 0 Å². The lowest BCUT2D eigenvalue weighted by atomic mass is 10.2. The molecule has 1 atom stereocenters. The van der Waals surface area contributed by atoms with Crippen LogP contribution in [0.4, 0.5) is 5.69 Å². The van der Waals surface area contributed by atoms with Gasteiger partial charge in [0.15, 0.2) is 0 Å². The fourth-order valence-electron chi connectivity index (χ4n) is 0.961. The first-order valence-electron chi connectivity index (χ1n) is 4.14. The fourth-order valence-corrected chi connectivity index (χ4v) is 0.961. The number of nitrogens with zero attached hydrogens (tertiary/aromatic N) is 1. The van der Waals surface area contributed by atoms with Gasteiger partial charge in [-0.25, -0.2) is 0 Å². The molecule has 0 aliphatic rings. The lowest BCUT2D eigenvalue weighted by Gasteiger charge is -2.14. The van der Waals surface area contributed by atoms with Crippen LogP contribution in [0.5, 0.6) is 0 Å². The summed E-state index contributed by atoms with van der Waals surface area (Å²) in [6, 6.07) is 3.92. The number of nitrogens with one attached hydrogen (secondary N) is 1. The van der Waals surface area contributed by atoms with E-state index in [1.54, 1.807) is 12.4 Å². The van der Waals surface area contributed by atoms with Gasteiger partial charge in [-0.3, -0.25) is 4.98 Å². The van der Waals surface area contributed by atoms with Crippen molar-refractivity contribution in [3.8, 4) is 0 Å². The molecule has 66 valence electrons. The molecule has 0 aromatic carbocycles. The van der Waals surface area contributed by atoms with Gasteiger partial charge < -0.3 is 10.4 Å². The van der Waals surface area contributed by atoms with Gasteiger partial charge in [0.05, 0.1) is 6.61 Å². The molecule has 0 saturated heterocycles. The Morgan fingerprint density at radius 3 is 2.67 bits per heavy atom. The van der Waals surface area contributed by atoms with Crippen molar-refractivity contribution in [3.05, 3.63) is 24.5 Å². The Hall–Kier alpha value is -1.09. The summed E-state index contributed by atoms with van der Waals surface area (Å²) in [5, 5.41) is 12.1. The maximum absolute atomic E-state index is 8.91. The summed E-state index contributed by atoms with van der Waals surface area (Å²) in [6.45, 7) is 2.20. The predicted octanol–water partition coefficient (Wildman–Crippen LogP) is 1.26. The lowest BCUT2D eigenvalue weighted by Crippen LogP contribution is -2.22. The Balaban J connectivity index is 2.51. The molecule has 0 fully saturated rings. The minimum absolute atomic E-state index is 0.146. The van der Waals surface area contributed by atoms with Crippen LogP contribution in [0, 0.1) is 0 Å². The molecule has 1 aromatic heterocycles. The molecule has 3 heteroatoms. The van der Waals surface area contributed by atoms with Gasteiger partial charge in [0.2, 0.25) is 0 Å². The molecule has 0 aliphatic carbocycles. The number of pyridine rings is 1. The van der Waals surface area contributed by atoms with Gasteiger partial charge in [0, 0.05) is 24.1 Å². The largest absolute Gasteiger partial charge is 0.394 e. The molecule has 2 N–H and O–H groups in total. The third kappa shape index (κ3) is 2.51. The normalized spacial score (nSPS) is 12.5. The zero-order chi connectivity index (χ0) is 8.81. The number of rotatable bonds is 4. The Kier molecular flexibility index (Phi) is 3.54. The molecule has 1 rings (SSSR count). The molecule has 0 bridgehead atoms. The van der Waals surface area contributed by atoms with Crippen molar-refractivity contribution in [2.24, 2.45) is 0 Å². The monoisotopic (exact) mass is 166 g/mol. The molecule has 12 heavy (non-hydrogen) atoms. The van der Waals surface area contributed by atoms with Crippen molar-refractivity contribution < 1.29 is 5.11 Å². The number of anilines is 1. The number of aliphatic hydroxyl groups is 1. The van der Waals surface area contributed by atoms with Gasteiger partial charge in [-0.2, -0.15) is 0 Å². The summed E-state index contributed by atoms with van der Waals surface area (Å²) in [5.74, 6) is 0. The second-order valence-electron chi connectivity index (χ2n) is 2.67. The molecule has 0 amide bonds. The molecule has 0 radical (unpaired) electrons. The van der Waals surface area contributed by atoms with E-state index < -0.39 is 0 Å².